The Morgan fingerprint density at radius 3 is 2.50 bits per heavy atom. The number of hydrogen-bond donors (Lipinski definition) is 2. The third-order valence-corrected chi connectivity index (χ3v) is 3.35. The van der Waals surface area contributed by atoms with Crippen LogP contribution in [0.3, 0.4) is 0 Å². The first-order chi connectivity index (χ1) is 6.70. The van der Waals surface area contributed by atoms with E-state index in [0.29, 0.717) is 17.4 Å². The van der Waals surface area contributed by atoms with Crippen molar-refractivity contribution < 1.29 is 4.21 Å². The maximum atomic E-state index is 11.1. The zero-order valence-corrected chi connectivity index (χ0v) is 10.6. The lowest BCUT2D eigenvalue weighted by molar-refractivity contribution is 0.682. The van der Waals surface area contributed by atoms with Crippen LogP contribution in [-0.4, -0.2) is 33.9 Å². The molecule has 0 aromatic heterocycles. The molecular weight excluding hydrogens is 216 g/mol. The molecule has 0 heterocycles. The van der Waals surface area contributed by atoms with Crippen molar-refractivity contribution in [2.45, 2.75) is 26.7 Å². The van der Waals surface area contributed by atoms with E-state index in [1.54, 1.807) is 0 Å². The van der Waals surface area contributed by atoms with Gasteiger partial charge in [-0.15, -0.1) is 0 Å². The molecule has 0 fully saturated rings. The van der Waals surface area contributed by atoms with Crippen LogP contribution >= 0.6 is 12.2 Å². The summed E-state index contributed by atoms with van der Waals surface area (Å²) in [6.07, 6.45) is 2.29. The van der Waals surface area contributed by atoms with Crippen LogP contribution in [0, 0.1) is 0 Å². The minimum atomic E-state index is -0.701. The van der Waals surface area contributed by atoms with Crippen LogP contribution in [0.2, 0.25) is 0 Å². The maximum absolute atomic E-state index is 11.1. The fraction of sp³-hybridized carbons (Fsp3) is 0.889. The summed E-state index contributed by atoms with van der Waals surface area (Å²) in [5, 5.41) is 6.80. The van der Waals surface area contributed by atoms with Gasteiger partial charge in [-0.05, 0) is 18.6 Å². The molecule has 0 amide bonds. The van der Waals surface area contributed by atoms with E-state index in [9.17, 15) is 4.21 Å². The van der Waals surface area contributed by atoms with Gasteiger partial charge in [0.1, 0.15) is 0 Å². The number of unbranched alkanes of at least 4 members (excludes halogenated alkanes) is 1. The quantitative estimate of drug-likeness (QED) is 0.511. The predicted molar refractivity (Wildman–Crippen MR) is 67.1 cm³/mol. The second-order valence-electron chi connectivity index (χ2n) is 2.97. The average molecular weight is 236 g/mol. The van der Waals surface area contributed by atoms with Crippen molar-refractivity contribution >= 4 is 28.1 Å². The molecule has 84 valence electrons. The molecule has 1 atom stereocenters. The largest absolute Gasteiger partial charge is 0.363 e. The average Bonchev–Trinajstić information content (AvgIpc) is 2.18. The van der Waals surface area contributed by atoms with Gasteiger partial charge in [0.05, 0.1) is 0 Å². The van der Waals surface area contributed by atoms with E-state index in [0.717, 1.165) is 25.1 Å². The van der Waals surface area contributed by atoms with Gasteiger partial charge in [-0.3, -0.25) is 4.21 Å². The highest BCUT2D eigenvalue weighted by molar-refractivity contribution is 7.84. The number of nitrogens with one attached hydrogen (secondary N) is 2. The highest BCUT2D eigenvalue weighted by Crippen LogP contribution is 1.83. The van der Waals surface area contributed by atoms with Crippen LogP contribution in [0.15, 0.2) is 0 Å². The fourth-order valence-corrected chi connectivity index (χ4v) is 1.69. The molecule has 0 bridgehead atoms. The van der Waals surface area contributed by atoms with Crippen molar-refractivity contribution in [3.05, 3.63) is 0 Å². The van der Waals surface area contributed by atoms with Crippen molar-refractivity contribution in [2.75, 3.05) is 24.6 Å². The molecule has 5 heteroatoms. The Hall–Kier alpha value is -0.160. The van der Waals surface area contributed by atoms with E-state index in [1.807, 2.05) is 6.92 Å². The first-order valence-corrected chi connectivity index (χ1v) is 6.97. The van der Waals surface area contributed by atoms with Gasteiger partial charge in [0.2, 0.25) is 0 Å². The molecule has 0 aliphatic heterocycles. The summed E-state index contributed by atoms with van der Waals surface area (Å²) in [4.78, 5) is 0. The minimum Gasteiger partial charge on any atom is -0.363 e. The molecule has 0 aliphatic carbocycles. The third-order valence-electron chi connectivity index (χ3n) is 1.75. The first kappa shape index (κ1) is 13.8. The first-order valence-electron chi connectivity index (χ1n) is 5.07. The number of hydrogen-bond acceptors (Lipinski definition) is 2. The second kappa shape index (κ2) is 9.40. The van der Waals surface area contributed by atoms with Gasteiger partial charge in [0, 0.05) is 35.4 Å². The van der Waals surface area contributed by atoms with Crippen molar-refractivity contribution in [2.24, 2.45) is 0 Å². The van der Waals surface area contributed by atoms with Gasteiger partial charge >= 0.3 is 0 Å². The van der Waals surface area contributed by atoms with E-state index in [-0.39, 0.29) is 0 Å². The molecule has 0 aromatic rings. The molecule has 14 heavy (non-hydrogen) atoms. The zero-order chi connectivity index (χ0) is 10.8. The highest BCUT2D eigenvalue weighted by Gasteiger charge is 1.97. The summed E-state index contributed by atoms with van der Waals surface area (Å²) in [6.45, 7) is 5.67. The summed E-state index contributed by atoms with van der Waals surface area (Å²) >= 11 is 5.03. The molecule has 0 saturated carbocycles. The minimum absolute atomic E-state index is 0.673. The Kier molecular flexibility index (Phi) is 9.29. The SMILES string of the molecule is CCCCNC(=S)NCCS(=O)CC. The summed E-state index contributed by atoms with van der Waals surface area (Å²) in [6, 6.07) is 0. The number of thiocarbonyl (C=S) groups is 1. The van der Waals surface area contributed by atoms with Crippen molar-refractivity contribution in [1.29, 1.82) is 0 Å². The molecule has 2 N–H and O–H groups in total. The molecule has 0 saturated heterocycles. The lowest BCUT2D eigenvalue weighted by atomic mass is 10.3. The summed E-state index contributed by atoms with van der Waals surface area (Å²) < 4.78 is 11.1. The molecular formula is C9H20N2OS2. The van der Waals surface area contributed by atoms with Crippen molar-refractivity contribution in [3.63, 3.8) is 0 Å². The molecule has 0 aliphatic rings. The topological polar surface area (TPSA) is 41.1 Å². The molecule has 0 aromatic carbocycles. The van der Waals surface area contributed by atoms with Gasteiger partial charge in [0.25, 0.3) is 0 Å². The van der Waals surface area contributed by atoms with Crippen molar-refractivity contribution in [3.8, 4) is 0 Å². The highest BCUT2D eigenvalue weighted by atomic mass is 32.2. The standard InChI is InChI=1S/C9H20N2OS2/c1-3-5-6-10-9(13)11-7-8-14(12)4-2/h3-8H2,1-2H3,(H2,10,11,13). The van der Waals surface area contributed by atoms with Crippen LogP contribution in [0.5, 0.6) is 0 Å². The van der Waals surface area contributed by atoms with E-state index < -0.39 is 10.8 Å². The van der Waals surface area contributed by atoms with Gasteiger partial charge < -0.3 is 10.6 Å². The Morgan fingerprint density at radius 1 is 1.29 bits per heavy atom. The van der Waals surface area contributed by atoms with E-state index >= 15 is 0 Å². The third kappa shape index (κ3) is 8.44. The molecule has 0 spiro atoms. The van der Waals surface area contributed by atoms with Crippen molar-refractivity contribution in [1.82, 2.24) is 10.6 Å². The normalized spacial score (nSPS) is 12.1. The summed E-state index contributed by atoms with van der Waals surface area (Å²) in [7, 11) is -0.701. The van der Waals surface area contributed by atoms with E-state index in [4.69, 9.17) is 12.2 Å². The summed E-state index contributed by atoms with van der Waals surface area (Å²) in [5.74, 6) is 1.39. The maximum Gasteiger partial charge on any atom is 0.166 e. The van der Waals surface area contributed by atoms with Gasteiger partial charge in [-0.25, -0.2) is 0 Å². The second-order valence-corrected chi connectivity index (χ2v) is 5.24. The molecule has 3 nitrogen and oxygen atoms in total. The Labute approximate surface area is 94.5 Å². The molecule has 0 rings (SSSR count). The van der Waals surface area contributed by atoms with Gasteiger partial charge in [-0.2, -0.15) is 0 Å². The fourth-order valence-electron chi connectivity index (χ4n) is 0.864. The smallest absolute Gasteiger partial charge is 0.166 e. The summed E-state index contributed by atoms with van der Waals surface area (Å²) in [5.41, 5.74) is 0. The van der Waals surface area contributed by atoms with Crippen LogP contribution in [0.1, 0.15) is 26.7 Å². The van der Waals surface area contributed by atoms with Crippen LogP contribution in [-0.2, 0) is 10.8 Å². The molecule has 1 unspecified atom stereocenters. The van der Waals surface area contributed by atoms with E-state index in [1.165, 1.54) is 0 Å². The monoisotopic (exact) mass is 236 g/mol. The van der Waals surface area contributed by atoms with Crippen LogP contribution in [0.25, 0.3) is 0 Å². The molecule has 0 radical (unpaired) electrons. The van der Waals surface area contributed by atoms with Crippen LogP contribution in [0.4, 0.5) is 0 Å². The van der Waals surface area contributed by atoms with Gasteiger partial charge in [0.15, 0.2) is 5.11 Å². The predicted octanol–water partition coefficient (Wildman–Crippen LogP) is 1.02. The lowest BCUT2D eigenvalue weighted by Gasteiger charge is -2.09. The Bertz CT molecular complexity index is 186. The van der Waals surface area contributed by atoms with E-state index in [2.05, 4.69) is 17.6 Å². The zero-order valence-electron chi connectivity index (χ0n) is 8.97. The van der Waals surface area contributed by atoms with Gasteiger partial charge in [-0.1, -0.05) is 20.3 Å². The van der Waals surface area contributed by atoms with Crippen LogP contribution < -0.4 is 10.6 Å². The Morgan fingerprint density at radius 2 is 1.93 bits per heavy atom. The Balaban J connectivity index is 3.31. The lowest BCUT2D eigenvalue weighted by Crippen LogP contribution is -2.37. The number of rotatable bonds is 7.